The fourth-order valence-corrected chi connectivity index (χ4v) is 7.07. The van der Waals surface area contributed by atoms with Crippen LogP contribution in [0.5, 0.6) is 0 Å². The van der Waals surface area contributed by atoms with E-state index < -0.39 is 0 Å². The summed E-state index contributed by atoms with van der Waals surface area (Å²) in [5, 5.41) is 4.99. The molecule has 0 bridgehead atoms. The summed E-state index contributed by atoms with van der Waals surface area (Å²) in [4.78, 5) is 2.44. The Morgan fingerprint density at radius 2 is 0.830 bits per heavy atom. The Kier molecular flexibility index (Phi) is 6.54. The fourth-order valence-electron chi connectivity index (χ4n) is 7.07. The highest BCUT2D eigenvalue weighted by atomic mass is 15.1. The topological polar surface area (TPSA) is 3.24 Å². The van der Waals surface area contributed by atoms with Crippen molar-refractivity contribution in [1.29, 1.82) is 0 Å². The molecule has 0 fully saturated rings. The van der Waals surface area contributed by atoms with Crippen LogP contribution < -0.4 is 4.90 Å². The molecule has 9 rings (SSSR count). The third-order valence-corrected chi connectivity index (χ3v) is 9.38. The van der Waals surface area contributed by atoms with E-state index in [1.54, 1.807) is 0 Å². The molecule has 0 amide bonds. The summed E-state index contributed by atoms with van der Waals surface area (Å²) >= 11 is 0. The molecule has 0 spiro atoms. The molecule has 0 aliphatic carbocycles. The second-order valence-electron chi connectivity index (χ2n) is 12.2. The SMILES string of the molecule is C1=Cc2ccc(-c3cccc4ccccc34)cc2N(c2ccccc2)c2cc(-c3cc4ccccc4cc3-c3ccccc3)ccc21. The molecule has 8 aromatic rings. The number of fused-ring (bicyclic) bond motifs is 4. The van der Waals surface area contributed by atoms with Crippen LogP contribution in [0, 0.1) is 0 Å². The Labute approximate surface area is 275 Å². The maximum atomic E-state index is 2.44. The number of para-hydroxylation sites is 1. The predicted molar refractivity (Wildman–Crippen MR) is 201 cm³/mol. The van der Waals surface area contributed by atoms with Crippen LogP contribution >= 0.6 is 0 Å². The summed E-state index contributed by atoms with van der Waals surface area (Å²) in [6.07, 6.45) is 4.52. The van der Waals surface area contributed by atoms with Crippen molar-refractivity contribution in [1.82, 2.24) is 0 Å². The fraction of sp³-hybridized carbons (Fsp3) is 0. The molecule has 0 atom stereocenters. The van der Waals surface area contributed by atoms with Gasteiger partial charge in [-0.15, -0.1) is 0 Å². The van der Waals surface area contributed by atoms with Crippen molar-refractivity contribution in [2.75, 3.05) is 4.90 Å². The number of rotatable bonds is 4. The zero-order chi connectivity index (χ0) is 31.2. The lowest BCUT2D eigenvalue weighted by atomic mass is 9.90. The molecule has 0 unspecified atom stereocenters. The first kappa shape index (κ1) is 27.2. The molecule has 0 aromatic heterocycles. The van der Waals surface area contributed by atoms with Crippen molar-refractivity contribution in [3.63, 3.8) is 0 Å². The maximum Gasteiger partial charge on any atom is 0.0540 e. The second kappa shape index (κ2) is 11.3. The van der Waals surface area contributed by atoms with Crippen LogP contribution in [-0.4, -0.2) is 0 Å². The molecule has 1 heteroatoms. The summed E-state index contributed by atoms with van der Waals surface area (Å²) in [6, 6.07) is 63.9. The van der Waals surface area contributed by atoms with Crippen LogP contribution in [0.25, 0.3) is 67.1 Å². The molecular weight excluding hydrogens is 567 g/mol. The summed E-state index contributed by atoms with van der Waals surface area (Å²) in [5.74, 6) is 0. The number of hydrogen-bond donors (Lipinski definition) is 0. The highest BCUT2D eigenvalue weighted by Crippen LogP contribution is 2.46. The van der Waals surface area contributed by atoms with Gasteiger partial charge in [0.25, 0.3) is 0 Å². The molecule has 8 aromatic carbocycles. The van der Waals surface area contributed by atoms with Crippen molar-refractivity contribution >= 4 is 50.8 Å². The maximum absolute atomic E-state index is 2.44. The predicted octanol–water partition coefficient (Wildman–Crippen LogP) is 12.9. The minimum atomic E-state index is 1.13. The van der Waals surface area contributed by atoms with Gasteiger partial charge in [-0.25, -0.2) is 0 Å². The van der Waals surface area contributed by atoms with E-state index in [2.05, 4.69) is 193 Å². The van der Waals surface area contributed by atoms with Crippen LogP contribution in [0.2, 0.25) is 0 Å². The first-order valence-corrected chi connectivity index (χ1v) is 16.2. The highest BCUT2D eigenvalue weighted by Gasteiger charge is 2.22. The molecule has 0 saturated heterocycles. The standard InChI is InChI=1S/C46H31N/c1-3-12-33(13-4-1)43-28-36-15-7-8-16-37(36)29-44(43)39-27-25-35-23-22-34-24-26-38(42-21-11-17-32-14-9-10-20-41(32)42)30-45(34)47(46(35)31-39)40-18-5-2-6-19-40/h1-31H. The Bertz CT molecular complexity index is 2450. The van der Waals surface area contributed by atoms with Gasteiger partial charge in [0.1, 0.15) is 0 Å². The van der Waals surface area contributed by atoms with E-state index in [9.17, 15) is 0 Å². The summed E-state index contributed by atoms with van der Waals surface area (Å²) < 4.78 is 0. The number of hydrogen-bond acceptors (Lipinski definition) is 1. The average molecular weight is 598 g/mol. The zero-order valence-electron chi connectivity index (χ0n) is 25.8. The molecule has 1 aliphatic rings. The average Bonchev–Trinajstić information content (AvgIpc) is 3.31. The van der Waals surface area contributed by atoms with Gasteiger partial charge < -0.3 is 4.90 Å². The van der Waals surface area contributed by atoms with Gasteiger partial charge in [-0.1, -0.05) is 152 Å². The van der Waals surface area contributed by atoms with Gasteiger partial charge in [0, 0.05) is 5.69 Å². The molecule has 1 heterocycles. The molecule has 220 valence electrons. The van der Waals surface area contributed by atoms with Crippen molar-refractivity contribution in [2.24, 2.45) is 0 Å². The lowest BCUT2D eigenvalue weighted by Gasteiger charge is -2.28. The van der Waals surface area contributed by atoms with Crippen LogP contribution in [-0.2, 0) is 0 Å². The Morgan fingerprint density at radius 1 is 0.319 bits per heavy atom. The number of anilines is 3. The molecular formula is C46H31N. The van der Waals surface area contributed by atoms with E-state index in [0.29, 0.717) is 0 Å². The van der Waals surface area contributed by atoms with E-state index in [1.807, 2.05) is 0 Å². The monoisotopic (exact) mass is 597 g/mol. The first-order valence-electron chi connectivity index (χ1n) is 16.2. The quantitative estimate of drug-likeness (QED) is 0.195. The molecule has 0 radical (unpaired) electrons. The molecule has 47 heavy (non-hydrogen) atoms. The molecule has 0 N–H and O–H groups in total. The van der Waals surface area contributed by atoms with E-state index in [0.717, 1.165) is 17.1 Å². The summed E-state index contributed by atoms with van der Waals surface area (Å²) in [7, 11) is 0. The van der Waals surface area contributed by atoms with Gasteiger partial charge in [0.05, 0.1) is 11.4 Å². The molecule has 1 nitrogen and oxygen atoms in total. The highest BCUT2D eigenvalue weighted by molar-refractivity contribution is 6.02. The van der Waals surface area contributed by atoms with Crippen LogP contribution in [0.3, 0.4) is 0 Å². The zero-order valence-corrected chi connectivity index (χ0v) is 25.8. The van der Waals surface area contributed by atoms with Crippen LogP contribution in [0.4, 0.5) is 17.1 Å². The summed E-state index contributed by atoms with van der Waals surface area (Å²) in [6.45, 7) is 0. The Hall–Kier alpha value is -6.18. The third kappa shape index (κ3) is 4.81. The van der Waals surface area contributed by atoms with Gasteiger partial charge in [0.2, 0.25) is 0 Å². The normalized spacial score (nSPS) is 12.1. The van der Waals surface area contributed by atoms with Gasteiger partial charge in [-0.2, -0.15) is 0 Å². The van der Waals surface area contributed by atoms with E-state index in [-0.39, 0.29) is 0 Å². The van der Waals surface area contributed by atoms with Crippen molar-refractivity contribution < 1.29 is 0 Å². The third-order valence-electron chi connectivity index (χ3n) is 9.38. The molecule has 1 aliphatic heterocycles. The van der Waals surface area contributed by atoms with Gasteiger partial charge in [-0.3, -0.25) is 0 Å². The van der Waals surface area contributed by atoms with Gasteiger partial charge in [0.15, 0.2) is 0 Å². The van der Waals surface area contributed by atoms with E-state index >= 15 is 0 Å². The first-order chi connectivity index (χ1) is 23.3. The van der Waals surface area contributed by atoms with E-state index in [4.69, 9.17) is 0 Å². The van der Waals surface area contributed by atoms with Gasteiger partial charge in [-0.05, 0) is 102 Å². The van der Waals surface area contributed by atoms with Crippen LogP contribution in [0.15, 0.2) is 176 Å². The molecule has 0 saturated carbocycles. The second-order valence-corrected chi connectivity index (χ2v) is 12.2. The van der Waals surface area contributed by atoms with Crippen molar-refractivity contribution in [2.45, 2.75) is 0 Å². The minimum Gasteiger partial charge on any atom is -0.309 e. The van der Waals surface area contributed by atoms with Crippen molar-refractivity contribution in [3.8, 4) is 33.4 Å². The van der Waals surface area contributed by atoms with Crippen molar-refractivity contribution in [3.05, 3.63) is 187 Å². The lowest BCUT2D eigenvalue weighted by molar-refractivity contribution is 1.28. The van der Waals surface area contributed by atoms with Gasteiger partial charge >= 0.3 is 0 Å². The Balaban J connectivity index is 1.27. The Morgan fingerprint density at radius 3 is 1.49 bits per heavy atom. The minimum absolute atomic E-state index is 1.13. The van der Waals surface area contributed by atoms with E-state index in [1.165, 1.54) is 66.1 Å². The summed E-state index contributed by atoms with van der Waals surface area (Å²) in [5.41, 5.74) is 13.1. The smallest absolute Gasteiger partial charge is 0.0540 e. The van der Waals surface area contributed by atoms with Crippen LogP contribution in [0.1, 0.15) is 11.1 Å². The largest absolute Gasteiger partial charge is 0.309 e. The number of benzene rings is 8. The lowest BCUT2D eigenvalue weighted by Crippen LogP contribution is -2.12. The number of nitrogens with zero attached hydrogens (tertiary/aromatic N) is 1.